The number of rotatable bonds is 7. The lowest BCUT2D eigenvalue weighted by atomic mass is 9.85. The molecule has 0 bridgehead atoms. The van der Waals surface area contributed by atoms with Crippen LogP contribution < -0.4 is 10.6 Å². The van der Waals surface area contributed by atoms with Gasteiger partial charge in [0.05, 0.1) is 12.1 Å². The van der Waals surface area contributed by atoms with Crippen molar-refractivity contribution in [1.29, 1.82) is 0 Å². The summed E-state index contributed by atoms with van der Waals surface area (Å²) in [4.78, 5) is 4.73. The van der Waals surface area contributed by atoms with E-state index >= 15 is 0 Å². The molecule has 7 heteroatoms. The number of methoxy groups -OCH3 is 1. The predicted molar refractivity (Wildman–Crippen MR) is 119 cm³/mol. The van der Waals surface area contributed by atoms with Gasteiger partial charge in [0.2, 0.25) is 0 Å². The van der Waals surface area contributed by atoms with Crippen LogP contribution in [0.2, 0.25) is 0 Å². The van der Waals surface area contributed by atoms with Crippen LogP contribution in [0.3, 0.4) is 0 Å². The second-order valence-corrected chi connectivity index (χ2v) is 7.44. The van der Waals surface area contributed by atoms with Crippen molar-refractivity contribution in [2.24, 2.45) is 4.99 Å². The van der Waals surface area contributed by atoms with Crippen molar-refractivity contribution in [3.63, 3.8) is 0 Å². The van der Waals surface area contributed by atoms with E-state index in [1.807, 2.05) is 13.0 Å². The van der Waals surface area contributed by atoms with E-state index in [0.717, 1.165) is 44.1 Å². The van der Waals surface area contributed by atoms with Gasteiger partial charge in [0.25, 0.3) is 0 Å². The molecule has 1 fully saturated rings. The van der Waals surface area contributed by atoms with Crippen LogP contribution in [0, 0.1) is 5.82 Å². The molecule has 0 saturated carbocycles. The number of aliphatic imine (C=N–C) groups is 1. The van der Waals surface area contributed by atoms with E-state index < -0.39 is 0 Å². The lowest BCUT2D eigenvalue weighted by molar-refractivity contribution is -0.0855. The first-order chi connectivity index (χ1) is 12.4. The van der Waals surface area contributed by atoms with Crippen LogP contribution in [0.15, 0.2) is 29.3 Å². The van der Waals surface area contributed by atoms with E-state index in [0.29, 0.717) is 13.1 Å². The Bertz CT molecular complexity index is 605. The molecule has 1 aliphatic heterocycles. The van der Waals surface area contributed by atoms with Crippen molar-refractivity contribution in [2.75, 3.05) is 40.0 Å². The maximum Gasteiger partial charge on any atom is 0.191 e. The van der Waals surface area contributed by atoms with Gasteiger partial charge in [0.1, 0.15) is 5.82 Å². The van der Waals surface area contributed by atoms with Crippen LogP contribution in [0.4, 0.5) is 4.39 Å². The van der Waals surface area contributed by atoms with Gasteiger partial charge in [-0.25, -0.2) is 4.39 Å². The van der Waals surface area contributed by atoms with Gasteiger partial charge in [-0.3, -0.25) is 4.99 Å². The van der Waals surface area contributed by atoms with E-state index in [9.17, 15) is 4.39 Å². The fourth-order valence-corrected chi connectivity index (χ4v) is 3.06. The monoisotopic (exact) mass is 493 g/mol. The largest absolute Gasteiger partial charge is 0.381 e. The van der Waals surface area contributed by atoms with Gasteiger partial charge < -0.3 is 20.1 Å². The van der Waals surface area contributed by atoms with E-state index in [4.69, 9.17) is 14.5 Å². The minimum atomic E-state index is -0.262. The summed E-state index contributed by atoms with van der Waals surface area (Å²) in [6, 6.07) is 6.73. The average molecular weight is 493 g/mol. The number of guanidine groups is 1. The normalized spacial score (nSPS) is 17.1. The highest BCUT2D eigenvalue weighted by Gasteiger charge is 2.32. The molecule has 154 valence electrons. The quantitative estimate of drug-likeness (QED) is 0.347. The van der Waals surface area contributed by atoms with E-state index in [1.54, 1.807) is 19.2 Å². The fraction of sp³-hybridized carbons (Fsp3) is 0.650. The summed E-state index contributed by atoms with van der Waals surface area (Å²) in [5, 5.41) is 6.68. The van der Waals surface area contributed by atoms with Gasteiger partial charge in [-0.05, 0) is 24.6 Å². The van der Waals surface area contributed by atoms with Crippen LogP contribution in [0.1, 0.15) is 39.2 Å². The van der Waals surface area contributed by atoms with Gasteiger partial charge in [0, 0.05) is 51.7 Å². The zero-order chi connectivity index (χ0) is 19.0. The maximum atomic E-state index is 13.5. The molecule has 0 atom stereocenters. The lowest BCUT2D eigenvalue weighted by Crippen LogP contribution is -2.51. The van der Waals surface area contributed by atoms with Crippen molar-refractivity contribution in [3.05, 3.63) is 35.6 Å². The highest BCUT2D eigenvalue weighted by atomic mass is 127. The van der Waals surface area contributed by atoms with Gasteiger partial charge in [-0.15, -0.1) is 24.0 Å². The summed E-state index contributed by atoms with van der Waals surface area (Å²) in [7, 11) is 1.75. The zero-order valence-corrected chi connectivity index (χ0v) is 19.1. The summed E-state index contributed by atoms with van der Waals surface area (Å²) in [6.07, 6.45) is 1.73. The number of hydrogen-bond donors (Lipinski definition) is 2. The molecule has 0 unspecified atom stereocenters. The lowest BCUT2D eigenvalue weighted by Gasteiger charge is -2.36. The first-order valence-corrected chi connectivity index (χ1v) is 9.32. The topological polar surface area (TPSA) is 54.9 Å². The first kappa shape index (κ1) is 24.1. The summed E-state index contributed by atoms with van der Waals surface area (Å²) in [6.45, 7) is 9.62. The molecule has 0 radical (unpaired) electrons. The third kappa shape index (κ3) is 7.19. The van der Waals surface area contributed by atoms with Crippen molar-refractivity contribution in [2.45, 2.75) is 44.6 Å². The minimum Gasteiger partial charge on any atom is -0.381 e. The second-order valence-electron chi connectivity index (χ2n) is 7.44. The van der Waals surface area contributed by atoms with E-state index in [-0.39, 0.29) is 40.8 Å². The Morgan fingerprint density at radius 1 is 1.30 bits per heavy atom. The smallest absolute Gasteiger partial charge is 0.191 e. The van der Waals surface area contributed by atoms with Crippen molar-refractivity contribution >= 4 is 29.9 Å². The van der Waals surface area contributed by atoms with Crippen molar-refractivity contribution in [3.8, 4) is 0 Å². The Morgan fingerprint density at radius 2 is 2.00 bits per heavy atom. The number of halogens is 2. The molecule has 1 aromatic rings. The van der Waals surface area contributed by atoms with Crippen LogP contribution in [-0.2, 0) is 14.9 Å². The molecule has 0 spiro atoms. The molecule has 27 heavy (non-hydrogen) atoms. The third-order valence-corrected chi connectivity index (χ3v) is 5.00. The van der Waals surface area contributed by atoms with Crippen molar-refractivity contribution < 1.29 is 13.9 Å². The number of ether oxygens (including phenoxy) is 2. The third-order valence-electron chi connectivity index (χ3n) is 5.00. The number of nitrogens with zero attached hydrogens (tertiary/aromatic N) is 1. The van der Waals surface area contributed by atoms with Gasteiger partial charge in [0.15, 0.2) is 5.96 Å². The molecular formula is C20H33FIN3O2. The molecule has 0 aliphatic carbocycles. The standard InChI is InChI=1S/C20H32FN3O2.HI/c1-5-22-18(24-15-20(25-4)9-11-26-12-10-20)23-14-19(2,3)16-7-6-8-17(21)13-16;/h6-8,13H,5,9-12,14-15H2,1-4H3,(H2,22,23,24);1H. The Morgan fingerprint density at radius 3 is 2.59 bits per heavy atom. The maximum absolute atomic E-state index is 13.5. The molecule has 5 nitrogen and oxygen atoms in total. The number of hydrogen-bond acceptors (Lipinski definition) is 3. The fourth-order valence-electron chi connectivity index (χ4n) is 3.06. The summed E-state index contributed by atoms with van der Waals surface area (Å²) < 4.78 is 24.8. The summed E-state index contributed by atoms with van der Waals surface area (Å²) >= 11 is 0. The highest BCUT2D eigenvalue weighted by Crippen LogP contribution is 2.25. The minimum absolute atomic E-state index is 0. The molecule has 2 N–H and O–H groups in total. The van der Waals surface area contributed by atoms with Crippen LogP contribution in [-0.4, -0.2) is 51.5 Å². The molecule has 1 saturated heterocycles. The predicted octanol–water partition coefficient (Wildman–Crippen LogP) is 3.47. The van der Waals surface area contributed by atoms with Crippen molar-refractivity contribution in [1.82, 2.24) is 10.6 Å². The molecule has 0 aromatic heterocycles. The second kappa shape index (κ2) is 11.2. The summed E-state index contributed by atoms with van der Waals surface area (Å²) in [5.41, 5.74) is 0.462. The first-order valence-electron chi connectivity index (χ1n) is 9.32. The molecular weight excluding hydrogens is 460 g/mol. The summed E-state index contributed by atoms with van der Waals surface area (Å²) in [5.74, 6) is 0.533. The number of nitrogens with one attached hydrogen (secondary N) is 2. The molecule has 1 aromatic carbocycles. The van der Waals surface area contributed by atoms with Gasteiger partial charge in [-0.2, -0.15) is 0 Å². The Hall–Kier alpha value is -0.930. The highest BCUT2D eigenvalue weighted by molar-refractivity contribution is 14.0. The average Bonchev–Trinajstić information content (AvgIpc) is 2.65. The van der Waals surface area contributed by atoms with Crippen LogP contribution in [0.25, 0.3) is 0 Å². The zero-order valence-electron chi connectivity index (χ0n) is 16.8. The number of benzene rings is 1. The Balaban J connectivity index is 0.00000364. The van der Waals surface area contributed by atoms with Crippen LogP contribution >= 0.6 is 24.0 Å². The van der Waals surface area contributed by atoms with E-state index in [1.165, 1.54) is 6.07 Å². The van der Waals surface area contributed by atoms with E-state index in [2.05, 4.69) is 24.5 Å². The van der Waals surface area contributed by atoms with Gasteiger partial charge in [-0.1, -0.05) is 26.0 Å². The molecule has 1 aliphatic rings. The Labute approximate surface area is 179 Å². The Kier molecular flexibility index (Phi) is 9.97. The SMILES string of the molecule is CCNC(=NCC(C)(C)c1cccc(F)c1)NCC1(OC)CCOCC1.I. The molecule has 0 amide bonds. The van der Waals surface area contributed by atoms with Crippen LogP contribution in [0.5, 0.6) is 0 Å². The van der Waals surface area contributed by atoms with Gasteiger partial charge >= 0.3 is 0 Å². The molecule has 1 heterocycles. The molecule has 2 rings (SSSR count).